The molecule has 1 N–H and O–H groups in total. The number of hydrogen-bond acceptors (Lipinski definition) is 4. The van der Waals surface area contributed by atoms with E-state index in [2.05, 4.69) is 0 Å². The maximum Gasteiger partial charge on any atom is 0.269 e. The Labute approximate surface area is 123 Å². The molecule has 0 radical (unpaired) electrons. The molecule has 1 amide bonds. The van der Waals surface area contributed by atoms with Crippen LogP contribution >= 0.6 is 0 Å². The fraction of sp³-hybridized carbons (Fsp3) is 0.533. The molecule has 1 saturated heterocycles. The molecule has 3 unspecified atom stereocenters. The summed E-state index contributed by atoms with van der Waals surface area (Å²) in [6.45, 7) is 4.74. The summed E-state index contributed by atoms with van der Waals surface area (Å²) in [4.78, 5) is 24.6. The van der Waals surface area contributed by atoms with Crippen molar-refractivity contribution >= 4 is 11.6 Å². The van der Waals surface area contributed by atoms with Gasteiger partial charge in [-0.2, -0.15) is 0 Å². The maximum atomic E-state index is 12.5. The van der Waals surface area contributed by atoms with Gasteiger partial charge in [-0.15, -0.1) is 0 Å². The highest BCUT2D eigenvalue weighted by Gasteiger charge is 2.30. The number of carbonyl (C=O) groups is 1. The second-order valence-corrected chi connectivity index (χ2v) is 5.69. The van der Waals surface area contributed by atoms with E-state index in [4.69, 9.17) is 0 Å². The Bertz CT molecular complexity index is 546. The van der Waals surface area contributed by atoms with E-state index < -0.39 is 10.8 Å². The minimum absolute atomic E-state index is 0.00501. The number of rotatable bonds is 3. The van der Waals surface area contributed by atoms with Crippen molar-refractivity contribution in [1.82, 2.24) is 4.90 Å². The van der Waals surface area contributed by atoms with E-state index in [9.17, 15) is 20.0 Å². The zero-order valence-corrected chi connectivity index (χ0v) is 12.2. The minimum Gasteiger partial charge on any atom is -0.393 e. The summed E-state index contributed by atoms with van der Waals surface area (Å²) in [6, 6.07) is 6.20. The average molecular weight is 292 g/mol. The minimum atomic E-state index is -0.458. The van der Waals surface area contributed by atoms with E-state index in [1.165, 1.54) is 12.1 Å². The number of nitro benzene ring substituents is 1. The molecule has 6 nitrogen and oxygen atoms in total. The van der Waals surface area contributed by atoms with Gasteiger partial charge in [-0.1, -0.05) is 19.1 Å². The van der Waals surface area contributed by atoms with Crippen molar-refractivity contribution in [3.05, 3.63) is 39.9 Å². The Hall–Kier alpha value is -1.95. The maximum absolute atomic E-state index is 12.5. The lowest BCUT2D eigenvalue weighted by atomic mass is 9.93. The highest BCUT2D eigenvalue weighted by molar-refractivity contribution is 5.83. The number of benzene rings is 1. The van der Waals surface area contributed by atoms with Gasteiger partial charge in [0.1, 0.15) is 0 Å². The molecule has 2 rings (SSSR count). The number of carbonyl (C=O) groups excluding carboxylic acids is 1. The van der Waals surface area contributed by atoms with E-state index >= 15 is 0 Å². The smallest absolute Gasteiger partial charge is 0.269 e. The zero-order valence-electron chi connectivity index (χ0n) is 12.2. The van der Waals surface area contributed by atoms with Gasteiger partial charge in [0.25, 0.3) is 5.69 Å². The Morgan fingerprint density at radius 3 is 2.86 bits per heavy atom. The number of nitrogens with zero attached hydrogens (tertiary/aromatic N) is 2. The fourth-order valence-corrected chi connectivity index (χ4v) is 2.66. The fourth-order valence-electron chi connectivity index (χ4n) is 2.66. The van der Waals surface area contributed by atoms with Crippen molar-refractivity contribution in [3.8, 4) is 0 Å². The number of hydrogen-bond donors (Lipinski definition) is 1. The standard InChI is InChI=1S/C15H20N2O4/c1-10-9-16(7-6-14(10)18)15(19)11(2)12-4-3-5-13(8-12)17(20)21/h3-5,8,10-11,14,18H,6-7,9H2,1-2H3. The molecular formula is C15H20N2O4. The van der Waals surface area contributed by atoms with Crippen LogP contribution in [0.4, 0.5) is 5.69 Å². The molecule has 114 valence electrons. The Morgan fingerprint density at radius 1 is 1.52 bits per heavy atom. The first-order valence-corrected chi connectivity index (χ1v) is 7.11. The average Bonchev–Trinajstić information content (AvgIpc) is 2.48. The first kappa shape index (κ1) is 15.4. The SMILES string of the molecule is CC(C(=O)N1CCC(O)C(C)C1)c1cccc([N+](=O)[O-])c1. The number of aliphatic hydroxyl groups is 1. The molecule has 1 heterocycles. The van der Waals surface area contributed by atoms with Gasteiger partial charge in [0, 0.05) is 25.2 Å². The molecule has 1 fully saturated rings. The molecule has 21 heavy (non-hydrogen) atoms. The van der Waals surface area contributed by atoms with Crippen LogP contribution in [0.15, 0.2) is 24.3 Å². The Morgan fingerprint density at radius 2 is 2.24 bits per heavy atom. The van der Waals surface area contributed by atoms with Crippen LogP contribution in [0, 0.1) is 16.0 Å². The van der Waals surface area contributed by atoms with Gasteiger partial charge in [-0.05, 0) is 24.8 Å². The summed E-state index contributed by atoms with van der Waals surface area (Å²) in [5.74, 6) is -0.415. The molecule has 1 aliphatic rings. The van der Waals surface area contributed by atoms with Gasteiger partial charge in [0.05, 0.1) is 16.9 Å². The second-order valence-electron chi connectivity index (χ2n) is 5.69. The van der Waals surface area contributed by atoms with Crippen molar-refractivity contribution in [1.29, 1.82) is 0 Å². The Kier molecular flexibility index (Phi) is 4.57. The van der Waals surface area contributed by atoms with Crippen molar-refractivity contribution in [2.75, 3.05) is 13.1 Å². The van der Waals surface area contributed by atoms with Gasteiger partial charge in [0.2, 0.25) is 5.91 Å². The van der Waals surface area contributed by atoms with Crippen LogP contribution in [-0.4, -0.2) is 40.0 Å². The Balaban J connectivity index is 2.12. The van der Waals surface area contributed by atoms with E-state index in [0.29, 0.717) is 25.1 Å². The third-order valence-electron chi connectivity index (χ3n) is 4.12. The first-order chi connectivity index (χ1) is 9.90. The quantitative estimate of drug-likeness (QED) is 0.681. The molecule has 3 atom stereocenters. The van der Waals surface area contributed by atoms with E-state index in [0.717, 1.165) is 0 Å². The third-order valence-corrected chi connectivity index (χ3v) is 4.12. The predicted molar refractivity (Wildman–Crippen MR) is 77.9 cm³/mol. The first-order valence-electron chi connectivity index (χ1n) is 7.11. The summed E-state index contributed by atoms with van der Waals surface area (Å²) >= 11 is 0. The molecule has 1 aromatic rings. The van der Waals surface area contributed by atoms with E-state index in [-0.39, 0.29) is 23.6 Å². The van der Waals surface area contributed by atoms with Crippen LogP contribution in [0.3, 0.4) is 0 Å². The lowest BCUT2D eigenvalue weighted by molar-refractivity contribution is -0.384. The number of aliphatic hydroxyl groups excluding tert-OH is 1. The van der Waals surface area contributed by atoms with Crippen LogP contribution in [0.25, 0.3) is 0 Å². The molecular weight excluding hydrogens is 272 g/mol. The molecule has 0 saturated carbocycles. The second kappa shape index (κ2) is 6.22. The van der Waals surface area contributed by atoms with Crippen LogP contribution in [-0.2, 0) is 4.79 Å². The molecule has 0 aliphatic carbocycles. The topological polar surface area (TPSA) is 83.7 Å². The highest BCUT2D eigenvalue weighted by atomic mass is 16.6. The van der Waals surface area contributed by atoms with Crippen LogP contribution in [0.2, 0.25) is 0 Å². The molecule has 0 spiro atoms. The summed E-state index contributed by atoms with van der Waals surface area (Å²) in [5.41, 5.74) is 0.641. The van der Waals surface area contributed by atoms with Gasteiger partial charge in [0.15, 0.2) is 0 Å². The number of amides is 1. The van der Waals surface area contributed by atoms with Crippen molar-refractivity contribution in [2.45, 2.75) is 32.3 Å². The predicted octanol–water partition coefficient (Wildman–Crippen LogP) is 1.93. The summed E-state index contributed by atoms with van der Waals surface area (Å²) in [6.07, 6.45) is 0.219. The molecule has 1 aliphatic heterocycles. The van der Waals surface area contributed by atoms with Crippen LogP contribution in [0.5, 0.6) is 0 Å². The van der Waals surface area contributed by atoms with E-state index in [1.54, 1.807) is 24.0 Å². The zero-order chi connectivity index (χ0) is 15.6. The number of piperidine rings is 1. The number of likely N-dealkylation sites (tertiary alicyclic amines) is 1. The van der Waals surface area contributed by atoms with Gasteiger partial charge >= 0.3 is 0 Å². The van der Waals surface area contributed by atoms with Crippen LogP contribution in [0.1, 0.15) is 31.7 Å². The van der Waals surface area contributed by atoms with Crippen molar-refractivity contribution < 1.29 is 14.8 Å². The van der Waals surface area contributed by atoms with Gasteiger partial charge < -0.3 is 10.0 Å². The van der Waals surface area contributed by atoms with Crippen molar-refractivity contribution in [3.63, 3.8) is 0 Å². The van der Waals surface area contributed by atoms with Crippen molar-refractivity contribution in [2.24, 2.45) is 5.92 Å². The molecule has 1 aromatic carbocycles. The normalized spacial score (nSPS) is 23.7. The van der Waals surface area contributed by atoms with Gasteiger partial charge in [-0.25, -0.2) is 0 Å². The summed E-state index contributed by atoms with van der Waals surface area (Å²) < 4.78 is 0. The lowest BCUT2D eigenvalue weighted by Gasteiger charge is -2.35. The molecule has 0 aromatic heterocycles. The third kappa shape index (κ3) is 3.39. The summed E-state index contributed by atoms with van der Waals surface area (Å²) in [5, 5.41) is 20.5. The lowest BCUT2D eigenvalue weighted by Crippen LogP contribution is -2.46. The summed E-state index contributed by atoms with van der Waals surface area (Å²) in [7, 11) is 0. The largest absolute Gasteiger partial charge is 0.393 e. The monoisotopic (exact) mass is 292 g/mol. The molecule has 6 heteroatoms. The number of nitro groups is 1. The molecule has 0 bridgehead atoms. The highest BCUT2D eigenvalue weighted by Crippen LogP contribution is 2.25. The van der Waals surface area contributed by atoms with E-state index in [1.807, 2.05) is 6.92 Å². The van der Waals surface area contributed by atoms with Crippen LogP contribution < -0.4 is 0 Å². The van der Waals surface area contributed by atoms with Gasteiger partial charge in [-0.3, -0.25) is 14.9 Å². The number of non-ortho nitro benzene ring substituents is 1.